The number of rotatable bonds is 10. The largest absolute Gasteiger partial charge is 0.445 e. The van der Waals surface area contributed by atoms with E-state index in [0.717, 1.165) is 6.07 Å². The van der Waals surface area contributed by atoms with Crippen molar-refractivity contribution in [2.24, 2.45) is 7.05 Å². The van der Waals surface area contributed by atoms with Gasteiger partial charge in [-0.1, -0.05) is 0 Å². The standard InChI is InChI=1S/C18H14BrFN4O4.C17H12BrFN4O4/c1-10-5-13(22-23(2)18(10)25)6-11-3-4-15(24(26)27)17(16(11)20)28-14-7-12(19)8-21-9-14;1-9-4-12(21-22-17(9)24)5-10-2-3-14(23(25)26)16(15(10)19)27-13-6-11(18)7-20-8-13/h3-5,7-9H,6H2,1-2H3;2-4,6-8H,5H2,1H3,(H,22,24). The van der Waals surface area contributed by atoms with Crippen molar-refractivity contribution in [1.82, 2.24) is 29.9 Å². The van der Waals surface area contributed by atoms with Crippen LogP contribution in [0.2, 0.25) is 0 Å². The zero-order valence-electron chi connectivity index (χ0n) is 28.8. The van der Waals surface area contributed by atoms with E-state index in [9.17, 15) is 34.2 Å². The highest BCUT2D eigenvalue weighted by Gasteiger charge is 2.26. The number of halogens is 4. The Morgan fingerprint density at radius 1 is 0.745 bits per heavy atom. The molecule has 0 saturated heterocycles. The molecule has 55 heavy (non-hydrogen) atoms. The van der Waals surface area contributed by atoms with Crippen LogP contribution in [-0.2, 0) is 19.9 Å². The molecule has 0 atom stereocenters. The van der Waals surface area contributed by atoms with Crippen LogP contribution in [0.1, 0.15) is 33.6 Å². The lowest BCUT2D eigenvalue weighted by Gasteiger charge is -2.11. The third-order valence-corrected chi connectivity index (χ3v) is 8.45. The number of hydrogen-bond donors (Lipinski definition) is 1. The molecule has 0 radical (unpaired) electrons. The average molecular weight is 884 g/mol. The number of ether oxygens (including phenoxy) is 2. The highest BCUT2D eigenvalue weighted by atomic mass is 79.9. The van der Waals surface area contributed by atoms with Crippen LogP contribution in [0.25, 0.3) is 0 Å². The van der Waals surface area contributed by atoms with Gasteiger partial charge in [-0.2, -0.15) is 10.2 Å². The molecule has 6 aromatic rings. The lowest BCUT2D eigenvalue weighted by atomic mass is 10.1. The van der Waals surface area contributed by atoms with Crippen LogP contribution in [0.3, 0.4) is 0 Å². The van der Waals surface area contributed by atoms with E-state index in [0.29, 0.717) is 31.5 Å². The zero-order chi connectivity index (χ0) is 40.0. The first-order valence-corrected chi connectivity index (χ1v) is 17.3. The maximum Gasteiger partial charge on any atom is 0.314 e. The van der Waals surface area contributed by atoms with E-state index < -0.39 is 44.4 Å². The number of benzene rings is 2. The molecule has 2 aromatic carbocycles. The molecule has 0 bridgehead atoms. The normalized spacial score (nSPS) is 10.7. The first kappa shape index (κ1) is 39.9. The molecular formula is C35H26Br2F2N8O8. The minimum absolute atomic E-state index is 0.0224. The summed E-state index contributed by atoms with van der Waals surface area (Å²) in [6, 6.07) is 11.0. The van der Waals surface area contributed by atoms with Crippen molar-refractivity contribution >= 4 is 43.2 Å². The van der Waals surface area contributed by atoms with Gasteiger partial charge < -0.3 is 9.47 Å². The van der Waals surface area contributed by atoms with Crippen molar-refractivity contribution in [3.63, 3.8) is 0 Å². The molecule has 4 aromatic heterocycles. The fourth-order valence-corrected chi connectivity index (χ4v) is 5.71. The molecule has 0 saturated carbocycles. The number of nitro groups is 2. The number of aromatic nitrogens is 6. The predicted octanol–water partition coefficient (Wildman–Crippen LogP) is 7.34. The van der Waals surface area contributed by atoms with Crippen LogP contribution in [0.5, 0.6) is 23.0 Å². The molecule has 4 heterocycles. The Labute approximate surface area is 325 Å². The smallest absolute Gasteiger partial charge is 0.314 e. The number of nitrogens with zero attached hydrogens (tertiary/aromatic N) is 7. The van der Waals surface area contributed by atoms with Gasteiger partial charge in [0.1, 0.15) is 11.5 Å². The SMILES string of the molecule is Cc1cc(Cc2ccc([N+](=O)[O-])c(Oc3cncc(Br)c3)c2F)n[nH]c1=O.Cc1cc(Cc2ccc([N+](=O)[O-])c(Oc3cncc(Br)c3)c2F)nn(C)c1=O. The van der Waals surface area contributed by atoms with Crippen LogP contribution < -0.4 is 20.6 Å². The molecule has 0 spiro atoms. The number of aromatic amines is 1. The highest BCUT2D eigenvalue weighted by Crippen LogP contribution is 2.38. The number of nitro benzene ring substituents is 2. The van der Waals surface area contributed by atoms with Crippen LogP contribution in [0.4, 0.5) is 20.2 Å². The second-order valence-corrected chi connectivity index (χ2v) is 13.5. The number of H-pyrrole nitrogens is 1. The van der Waals surface area contributed by atoms with Crippen LogP contribution >= 0.6 is 31.9 Å². The first-order valence-electron chi connectivity index (χ1n) is 15.7. The molecule has 1 N–H and O–H groups in total. The van der Waals surface area contributed by atoms with Crippen molar-refractivity contribution in [2.75, 3.05) is 0 Å². The van der Waals surface area contributed by atoms with Gasteiger partial charge in [0.25, 0.3) is 11.1 Å². The van der Waals surface area contributed by atoms with Gasteiger partial charge >= 0.3 is 11.4 Å². The quantitative estimate of drug-likeness (QED) is 0.106. The summed E-state index contributed by atoms with van der Waals surface area (Å²) >= 11 is 6.42. The molecule has 0 aliphatic rings. The third kappa shape index (κ3) is 9.83. The molecule has 0 fully saturated rings. The molecule has 282 valence electrons. The highest BCUT2D eigenvalue weighted by molar-refractivity contribution is 9.10. The predicted molar refractivity (Wildman–Crippen MR) is 200 cm³/mol. The van der Waals surface area contributed by atoms with Gasteiger partial charge in [0.05, 0.1) is 33.6 Å². The van der Waals surface area contributed by atoms with Gasteiger partial charge in [0, 0.05) is 64.5 Å². The van der Waals surface area contributed by atoms with Crippen molar-refractivity contribution in [1.29, 1.82) is 0 Å². The van der Waals surface area contributed by atoms with E-state index in [1.54, 1.807) is 19.9 Å². The maximum absolute atomic E-state index is 15.1. The zero-order valence-corrected chi connectivity index (χ0v) is 31.9. The van der Waals surface area contributed by atoms with Gasteiger partial charge in [-0.3, -0.25) is 39.8 Å². The van der Waals surface area contributed by atoms with Gasteiger partial charge in [-0.05, 0) is 93.2 Å². The first-order chi connectivity index (χ1) is 26.1. The van der Waals surface area contributed by atoms with E-state index in [1.807, 2.05) is 0 Å². The number of nitrogens with one attached hydrogen (secondary N) is 1. The summed E-state index contributed by atoms with van der Waals surface area (Å²) in [5.41, 5.74) is 0.426. The summed E-state index contributed by atoms with van der Waals surface area (Å²) in [4.78, 5) is 52.1. The summed E-state index contributed by atoms with van der Waals surface area (Å²) in [6.07, 6.45) is 5.69. The third-order valence-electron chi connectivity index (χ3n) is 7.58. The number of hydrogen-bond acceptors (Lipinski definition) is 12. The Hall–Kier alpha value is -6.28. The molecule has 6 rings (SSSR count). The van der Waals surface area contributed by atoms with Crippen LogP contribution in [0.15, 0.2) is 91.9 Å². The minimum Gasteiger partial charge on any atom is -0.445 e. The van der Waals surface area contributed by atoms with Crippen molar-refractivity contribution < 1.29 is 28.1 Å². The Morgan fingerprint density at radius 2 is 1.22 bits per heavy atom. The Morgan fingerprint density at radius 3 is 1.65 bits per heavy atom. The topological polar surface area (TPSA) is 211 Å². The molecule has 20 heteroatoms. The van der Waals surface area contributed by atoms with E-state index in [1.165, 1.54) is 72.9 Å². The lowest BCUT2D eigenvalue weighted by Crippen LogP contribution is -2.23. The van der Waals surface area contributed by atoms with E-state index in [2.05, 4.69) is 57.1 Å². The van der Waals surface area contributed by atoms with Crippen LogP contribution in [0, 0.1) is 45.7 Å². The summed E-state index contributed by atoms with van der Waals surface area (Å²) in [5.74, 6) is -2.49. The average Bonchev–Trinajstić information content (AvgIpc) is 3.12. The van der Waals surface area contributed by atoms with Crippen molar-refractivity contribution in [2.45, 2.75) is 26.7 Å². The summed E-state index contributed by atoms with van der Waals surface area (Å²) in [7, 11) is 1.50. The molecule has 0 unspecified atom stereocenters. The molecule has 16 nitrogen and oxygen atoms in total. The summed E-state index contributed by atoms with van der Waals surface area (Å²) < 4.78 is 43.2. The minimum atomic E-state index is -0.880. The van der Waals surface area contributed by atoms with E-state index in [-0.39, 0.29) is 46.6 Å². The molecular weight excluding hydrogens is 858 g/mol. The summed E-state index contributed by atoms with van der Waals surface area (Å²) in [5, 5.41) is 32.9. The molecule has 0 amide bonds. The fraction of sp³-hybridized carbons (Fsp3) is 0.143. The molecule has 0 aliphatic carbocycles. The number of pyridine rings is 2. The Balaban J connectivity index is 0.000000211. The Kier molecular flexibility index (Phi) is 12.5. The molecule has 0 aliphatic heterocycles. The fourth-order valence-electron chi connectivity index (χ4n) is 5.02. The van der Waals surface area contributed by atoms with Gasteiger partial charge in [0.15, 0.2) is 11.6 Å². The van der Waals surface area contributed by atoms with Gasteiger partial charge in [0.2, 0.25) is 11.5 Å². The van der Waals surface area contributed by atoms with Gasteiger partial charge in [-0.15, -0.1) is 0 Å². The van der Waals surface area contributed by atoms with Crippen molar-refractivity contribution in [3.8, 4) is 23.0 Å². The Bertz CT molecular complexity index is 2540. The van der Waals surface area contributed by atoms with E-state index >= 15 is 4.39 Å². The van der Waals surface area contributed by atoms with Crippen LogP contribution in [-0.4, -0.2) is 39.8 Å². The second-order valence-electron chi connectivity index (χ2n) is 11.6. The lowest BCUT2D eigenvalue weighted by molar-refractivity contribution is -0.386. The monoisotopic (exact) mass is 882 g/mol. The number of aryl methyl sites for hydroxylation is 3. The summed E-state index contributed by atoms with van der Waals surface area (Å²) in [6.45, 7) is 3.24. The maximum atomic E-state index is 15.1. The van der Waals surface area contributed by atoms with Gasteiger partial charge in [-0.25, -0.2) is 18.6 Å². The van der Waals surface area contributed by atoms with Crippen molar-refractivity contribution in [3.05, 3.63) is 168 Å². The second kappa shape index (κ2) is 17.2. The van der Waals surface area contributed by atoms with E-state index in [4.69, 9.17) is 9.47 Å².